The highest BCUT2D eigenvalue weighted by Crippen LogP contribution is 2.28. The summed E-state index contributed by atoms with van der Waals surface area (Å²) in [6.45, 7) is 10.1. The Labute approximate surface area is 132 Å². The molecule has 0 fully saturated rings. The molecule has 21 heavy (non-hydrogen) atoms. The fourth-order valence-corrected chi connectivity index (χ4v) is 3.19. The summed E-state index contributed by atoms with van der Waals surface area (Å²) < 4.78 is 7.61. The first kappa shape index (κ1) is 16.2. The Morgan fingerprint density at radius 2 is 1.86 bits per heavy atom. The van der Waals surface area contributed by atoms with Crippen molar-refractivity contribution in [2.45, 2.75) is 40.1 Å². The van der Waals surface area contributed by atoms with Crippen LogP contribution in [0.2, 0.25) is 0 Å². The van der Waals surface area contributed by atoms with Crippen LogP contribution in [0.25, 0.3) is 11.0 Å². The van der Waals surface area contributed by atoms with Crippen LogP contribution in [0.3, 0.4) is 0 Å². The van der Waals surface area contributed by atoms with Crippen LogP contribution < -0.4 is 4.74 Å². The molecule has 3 nitrogen and oxygen atoms in total. The van der Waals surface area contributed by atoms with E-state index in [-0.39, 0.29) is 0 Å². The number of benzene rings is 1. The number of nitrogens with zero attached hydrogens (tertiary/aromatic N) is 2. The van der Waals surface area contributed by atoms with Crippen molar-refractivity contribution < 1.29 is 4.74 Å². The molecule has 0 radical (unpaired) electrons. The molecule has 1 aromatic carbocycles. The molecule has 1 heterocycles. The van der Waals surface area contributed by atoms with E-state index in [1.165, 1.54) is 0 Å². The molecular formula is C17H25ClN2O. The van der Waals surface area contributed by atoms with Gasteiger partial charge in [0.2, 0.25) is 0 Å². The fraction of sp³-hybridized carbons (Fsp3) is 0.588. The maximum Gasteiger partial charge on any atom is 0.124 e. The Morgan fingerprint density at radius 3 is 2.38 bits per heavy atom. The average molecular weight is 309 g/mol. The van der Waals surface area contributed by atoms with Gasteiger partial charge in [-0.15, -0.1) is 11.6 Å². The molecule has 0 bridgehead atoms. The summed E-state index contributed by atoms with van der Waals surface area (Å²) in [7, 11) is 1.69. The number of alkyl halides is 1. The zero-order valence-electron chi connectivity index (χ0n) is 13.6. The van der Waals surface area contributed by atoms with Crippen LogP contribution in [0.5, 0.6) is 5.75 Å². The van der Waals surface area contributed by atoms with Crippen molar-refractivity contribution in [3.8, 4) is 5.75 Å². The summed E-state index contributed by atoms with van der Waals surface area (Å²) in [6, 6.07) is 6.00. The zero-order valence-corrected chi connectivity index (χ0v) is 14.3. The normalized spacial score (nSPS) is 12.0. The summed E-state index contributed by atoms with van der Waals surface area (Å²) in [4.78, 5) is 4.65. The van der Waals surface area contributed by atoms with Crippen LogP contribution >= 0.6 is 11.6 Å². The van der Waals surface area contributed by atoms with E-state index in [1.54, 1.807) is 7.11 Å². The molecular weight excluding hydrogens is 284 g/mol. The Hall–Kier alpha value is -1.22. The predicted molar refractivity (Wildman–Crippen MR) is 89.0 cm³/mol. The minimum Gasteiger partial charge on any atom is -0.497 e. The fourth-order valence-electron chi connectivity index (χ4n) is 2.99. The molecule has 1 aromatic heterocycles. The summed E-state index contributed by atoms with van der Waals surface area (Å²) in [5, 5.41) is 0. The lowest BCUT2D eigenvalue weighted by molar-refractivity contribution is 0.252. The highest BCUT2D eigenvalue weighted by Gasteiger charge is 2.21. The first-order valence-corrected chi connectivity index (χ1v) is 8.10. The van der Waals surface area contributed by atoms with Gasteiger partial charge in [0.05, 0.1) is 24.0 Å². The van der Waals surface area contributed by atoms with Gasteiger partial charge in [0.25, 0.3) is 0 Å². The first-order chi connectivity index (χ1) is 9.97. The second-order valence-electron chi connectivity index (χ2n) is 6.28. The van der Waals surface area contributed by atoms with Crippen molar-refractivity contribution in [2.75, 3.05) is 7.11 Å². The number of hydrogen-bond acceptors (Lipinski definition) is 2. The van der Waals surface area contributed by atoms with Gasteiger partial charge in [-0.3, -0.25) is 0 Å². The predicted octanol–water partition coefficient (Wildman–Crippen LogP) is 4.71. The van der Waals surface area contributed by atoms with E-state index < -0.39 is 0 Å². The van der Waals surface area contributed by atoms with Crippen LogP contribution in [0.1, 0.15) is 33.5 Å². The van der Waals surface area contributed by atoms with Gasteiger partial charge in [0.15, 0.2) is 0 Å². The number of ether oxygens (including phenoxy) is 1. The van der Waals surface area contributed by atoms with Gasteiger partial charge in [0.1, 0.15) is 11.6 Å². The Morgan fingerprint density at radius 1 is 1.19 bits per heavy atom. The SMILES string of the molecule is COc1ccc2nc(CCl)n(CC(C(C)C)C(C)C)c2c1. The first-order valence-electron chi connectivity index (χ1n) is 7.57. The summed E-state index contributed by atoms with van der Waals surface area (Å²) in [5.74, 6) is 4.06. The number of aromatic nitrogens is 2. The molecule has 0 atom stereocenters. The van der Waals surface area contributed by atoms with E-state index in [4.69, 9.17) is 16.3 Å². The van der Waals surface area contributed by atoms with Crippen molar-refractivity contribution in [1.82, 2.24) is 9.55 Å². The van der Waals surface area contributed by atoms with Crippen molar-refractivity contribution in [3.05, 3.63) is 24.0 Å². The number of hydrogen-bond donors (Lipinski definition) is 0. The van der Waals surface area contributed by atoms with E-state index in [1.807, 2.05) is 12.1 Å². The van der Waals surface area contributed by atoms with E-state index in [2.05, 4.69) is 43.3 Å². The highest BCUT2D eigenvalue weighted by molar-refractivity contribution is 6.16. The molecule has 0 aliphatic rings. The van der Waals surface area contributed by atoms with Gasteiger partial charge < -0.3 is 9.30 Å². The van der Waals surface area contributed by atoms with Crippen molar-refractivity contribution >= 4 is 22.6 Å². The molecule has 116 valence electrons. The van der Waals surface area contributed by atoms with Gasteiger partial charge in [-0.1, -0.05) is 27.7 Å². The summed E-state index contributed by atoms with van der Waals surface area (Å²) in [5.41, 5.74) is 2.09. The zero-order chi connectivity index (χ0) is 15.6. The molecule has 0 saturated heterocycles. The lowest BCUT2D eigenvalue weighted by Crippen LogP contribution is -2.22. The third-order valence-corrected chi connectivity index (χ3v) is 4.50. The second kappa shape index (κ2) is 6.69. The second-order valence-corrected chi connectivity index (χ2v) is 6.55. The lowest BCUT2D eigenvalue weighted by atomic mass is 9.85. The van der Waals surface area contributed by atoms with Crippen LogP contribution in [0.4, 0.5) is 0 Å². The van der Waals surface area contributed by atoms with Gasteiger partial charge in [-0.05, 0) is 29.9 Å². The van der Waals surface area contributed by atoms with Crippen LogP contribution in [-0.2, 0) is 12.4 Å². The Balaban J connectivity index is 2.49. The largest absolute Gasteiger partial charge is 0.497 e. The van der Waals surface area contributed by atoms with E-state index in [9.17, 15) is 0 Å². The minimum atomic E-state index is 0.430. The highest BCUT2D eigenvalue weighted by atomic mass is 35.5. The quantitative estimate of drug-likeness (QED) is 0.722. The molecule has 0 saturated carbocycles. The lowest BCUT2D eigenvalue weighted by Gasteiger charge is -2.26. The number of imidazole rings is 1. The number of fused-ring (bicyclic) bond motifs is 1. The van der Waals surface area contributed by atoms with Crippen LogP contribution in [-0.4, -0.2) is 16.7 Å². The monoisotopic (exact) mass is 308 g/mol. The molecule has 0 aliphatic carbocycles. The standard InChI is InChI=1S/C17H25ClN2O/c1-11(2)14(12(3)4)10-20-16-8-13(21-5)6-7-15(16)19-17(20)9-18/h6-8,11-12,14H,9-10H2,1-5H3. The van der Waals surface area contributed by atoms with Gasteiger partial charge in [-0.2, -0.15) is 0 Å². The molecule has 2 aromatic rings. The maximum atomic E-state index is 6.11. The molecule has 0 spiro atoms. The number of methoxy groups -OCH3 is 1. The van der Waals surface area contributed by atoms with E-state index in [0.29, 0.717) is 23.6 Å². The third kappa shape index (κ3) is 3.34. The maximum absolute atomic E-state index is 6.11. The number of rotatable bonds is 6. The van der Waals surface area contributed by atoms with Gasteiger partial charge in [0, 0.05) is 12.6 Å². The van der Waals surface area contributed by atoms with Gasteiger partial charge in [-0.25, -0.2) is 4.98 Å². The third-order valence-electron chi connectivity index (χ3n) is 4.26. The molecule has 0 unspecified atom stereocenters. The average Bonchev–Trinajstić information content (AvgIpc) is 2.80. The van der Waals surface area contributed by atoms with E-state index >= 15 is 0 Å². The summed E-state index contributed by atoms with van der Waals surface area (Å²) >= 11 is 6.11. The molecule has 4 heteroatoms. The topological polar surface area (TPSA) is 27.1 Å². The Bertz CT molecular complexity index is 596. The van der Waals surface area contributed by atoms with E-state index in [0.717, 1.165) is 29.2 Å². The van der Waals surface area contributed by atoms with Crippen molar-refractivity contribution in [1.29, 1.82) is 0 Å². The smallest absolute Gasteiger partial charge is 0.124 e. The van der Waals surface area contributed by atoms with Crippen molar-refractivity contribution in [3.63, 3.8) is 0 Å². The van der Waals surface area contributed by atoms with Crippen LogP contribution in [0, 0.1) is 17.8 Å². The minimum absolute atomic E-state index is 0.430. The Kier molecular flexibility index (Phi) is 5.15. The van der Waals surface area contributed by atoms with Gasteiger partial charge >= 0.3 is 0 Å². The van der Waals surface area contributed by atoms with Crippen molar-refractivity contribution in [2.24, 2.45) is 17.8 Å². The molecule has 0 N–H and O–H groups in total. The van der Waals surface area contributed by atoms with Crippen LogP contribution in [0.15, 0.2) is 18.2 Å². The summed E-state index contributed by atoms with van der Waals surface area (Å²) in [6.07, 6.45) is 0. The molecule has 0 aliphatic heterocycles. The molecule has 0 amide bonds. The molecule has 2 rings (SSSR count). The number of halogens is 1.